The maximum Gasteiger partial charge on any atom is 0.227 e. The van der Waals surface area contributed by atoms with Gasteiger partial charge in [-0.1, -0.05) is 17.7 Å². The van der Waals surface area contributed by atoms with Crippen molar-refractivity contribution in [2.75, 3.05) is 20.1 Å². The number of nitrogens with one attached hydrogen (secondary N) is 1. The minimum atomic E-state index is -0.416. The first-order chi connectivity index (χ1) is 8.61. The van der Waals surface area contributed by atoms with Gasteiger partial charge in [-0.05, 0) is 25.6 Å². The Labute approximate surface area is 111 Å². The molecule has 0 spiro atoms. The number of hydrogen-bond donors (Lipinski definition) is 1. The highest BCUT2D eigenvalue weighted by Gasteiger charge is 2.25. The summed E-state index contributed by atoms with van der Waals surface area (Å²) in [6.45, 7) is 1.40. The topological polar surface area (TPSA) is 32.3 Å². The summed E-state index contributed by atoms with van der Waals surface area (Å²) in [6.07, 6.45) is 0.967. The van der Waals surface area contributed by atoms with Gasteiger partial charge in [0.05, 0.1) is 6.42 Å². The van der Waals surface area contributed by atoms with E-state index in [0.29, 0.717) is 17.6 Å². The van der Waals surface area contributed by atoms with Crippen molar-refractivity contribution in [1.29, 1.82) is 0 Å². The molecule has 1 aromatic carbocycles. The van der Waals surface area contributed by atoms with E-state index in [1.807, 2.05) is 7.05 Å². The summed E-state index contributed by atoms with van der Waals surface area (Å²) in [4.78, 5) is 13.8. The van der Waals surface area contributed by atoms with Crippen molar-refractivity contribution < 1.29 is 9.18 Å². The molecule has 1 heterocycles. The minimum Gasteiger partial charge on any atom is -0.341 e. The third-order valence-corrected chi connectivity index (χ3v) is 3.69. The monoisotopic (exact) mass is 270 g/mol. The van der Waals surface area contributed by atoms with Gasteiger partial charge in [0.2, 0.25) is 5.91 Å². The molecule has 1 saturated heterocycles. The van der Waals surface area contributed by atoms with Crippen LogP contribution in [0.1, 0.15) is 12.0 Å². The molecule has 1 N–H and O–H groups in total. The molecule has 3 nitrogen and oxygen atoms in total. The molecule has 0 saturated carbocycles. The van der Waals surface area contributed by atoms with Crippen molar-refractivity contribution in [2.45, 2.75) is 18.9 Å². The lowest BCUT2D eigenvalue weighted by atomic mass is 10.1. The third kappa shape index (κ3) is 2.82. The lowest BCUT2D eigenvalue weighted by Crippen LogP contribution is -2.34. The second-order valence-electron chi connectivity index (χ2n) is 4.49. The van der Waals surface area contributed by atoms with Gasteiger partial charge in [0, 0.05) is 29.7 Å². The van der Waals surface area contributed by atoms with Gasteiger partial charge in [0.25, 0.3) is 0 Å². The number of carbonyl (C=O) groups is 1. The Kier molecular flexibility index (Phi) is 4.19. The Morgan fingerprint density at radius 2 is 2.39 bits per heavy atom. The van der Waals surface area contributed by atoms with Crippen LogP contribution in [0.2, 0.25) is 5.02 Å². The number of benzene rings is 1. The molecule has 1 aromatic rings. The normalized spacial score (nSPS) is 19.3. The summed E-state index contributed by atoms with van der Waals surface area (Å²) in [5.74, 6) is -0.486. The molecule has 0 aliphatic carbocycles. The van der Waals surface area contributed by atoms with Crippen LogP contribution in [0.15, 0.2) is 18.2 Å². The number of hydrogen-bond acceptors (Lipinski definition) is 2. The molecule has 1 atom stereocenters. The molecule has 98 valence electrons. The van der Waals surface area contributed by atoms with Crippen molar-refractivity contribution in [3.8, 4) is 0 Å². The molecule has 1 unspecified atom stereocenters. The average Bonchev–Trinajstić information content (AvgIpc) is 2.82. The van der Waals surface area contributed by atoms with Crippen LogP contribution in [0, 0.1) is 5.82 Å². The molecular weight excluding hydrogens is 255 g/mol. The summed E-state index contributed by atoms with van der Waals surface area (Å²) in [6, 6.07) is 4.81. The number of likely N-dealkylation sites (N-methyl/N-ethyl adjacent to an activating group) is 1. The van der Waals surface area contributed by atoms with Gasteiger partial charge in [-0.2, -0.15) is 0 Å². The molecule has 1 amide bonds. The lowest BCUT2D eigenvalue weighted by Gasteiger charge is -2.17. The Hall–Kier alpha value is -1.13. The van der Waals surface area contributed by atoms with E-state index in [-0.39, 0.29) is 17.9 Å². The van der Waals surface area contributed by atoms with Crippen molar-refractivity contribution in [3.05, 3.63) is 34.6 Å². The maximum absolute atomic E-state index is 13.6. The van der Waals surface area contributed by atoms with E-state index in [9.17, 15) is 9.18 Å². The number of nitrogens with zero attached hydrogens (tertiary/aromatic N) is 1. The number of amides is 1. The summed E-state index contributed by atoms with van der Waals surface area (Å²) in [5.41, 5.74) is 0.289. The molecule has 2 rings (SSSR count). The van der Waals surface area contributed by atoms with Crippen molar-refractivity contribution in [2.24, 2.45) is 0 Å². The first-order valence-corrected chi connectivity index (χ1v) is 6.37. The van der Waals surface area contributed by atoms with Crippen molar-refractivity contribution in [3.63, 3.8) is 0 Å². The van der Waals surface area contributed by atoms with E-state index in [4.69, 9.17) is 11.6 Å². The van der Waals surface area contributed by atoms with Gasteiger partial charge in [-0.3, -0.25) is 4.79 Å². The van der Waals surface area contributed by atoms with Crippen LogP contribution >= 0.6 is 11.6 Å². The van der Waals surface area contributed by atoms with Gasteiger partial charge in [0.1, 0.15) is 5.82 Å². The molecule has 1 aliphatic heterocycles. The molecule has 18 heavy (non-hydrogen) atoms. The summed E-state index contributed by atoms with van der Waals surface area (Å²) >= 11 is 5.91. The molecule has 0 aromatic heterocycles. The van der Waals surface area contributed by atoms with Crippen LogP contribution in [-0.2, 0) is 11.2 Å². The maximum atomic E-state index is 13.6. The summed E-state index contributed by atoms with van der Waals surface area (Å²) in [5, 5.41) is 3.45. The first kappa shape index (κ1) is 13.3. The zero-order valence-electron chi connectivity index (χ0n) is 10.2. The quantitative estimate of drug-likeness (QED) is 0.909. The van der Waals surface area contributed by atoms with E-state index in [0.717, 1.165) is 13.0 Å². The minimum absolute atomic E-state index is 0.0297. The molecule has 1 aliphatic rings. The standard InChI is InChI=1S/C13H16ClFN2O/c1-16-9-5-6-17(8-9)13(18)7-10-11(14)3-2-4-12(10)15/h2-4,9,16H,5-8H2,1H3. The average molecular weight is 271 g/mol. The number of halogens is 2. The van der Waals surface area contributed by atoms with Gasteiger partial charge >= 0.3 is 0 Å². The van der Waals surface area contributed by atoms with Crippen LogP contribution in [0.5, 0.6) is 0 Å². The fourth-order valence-electron chi connectivity index (χ4n) is 2.19. The fraction of sp³-hybridized carbons (Fsp3) is 0.462. The Morgan fingerprint density at radius 3 is 3.00 bits per heavy atom. The number of likely N-dealkylation sites (tertiary alicyclic amines) is 1. The van der Waals surface area contributed by atoms with Crippen molar-refractivity contribution in [1.82, 2.24) is 10.2 Å². The molecular formula is C13H16ClFN2O. The predicted octanol–water partition coefficient (Wildman–Crippen LogP) is 1.84. The fourth-order valence-corrected chi connectivity index (χ4v) is 2.42. The van der Waals surface area contributed by atoms with E-state index in [1.165, 1.54) is 6.07 Å². The van der Waals surface area contributed by atoms with Crippen molar-refractivity contribution >= 4 is 17.5 Å². The van der Waals surface area contributed by atoms with Gasteiger partial charge in [0.15, 0.2) is 0 Å². The Balaban J connectivity index is 2.04. The zero-order valence-corrected chi connectivity index (χ0v) is 11.0. The lowest BCUT2D eigenvalue weighted by molar-refractivity contribution is -0.129. The van der Waals surface area contributed by atoms with Crippen LogP contribution in [0.4, 0.5) is 4.39 Å². The van der Waals surface area contributed by atoms with Crippen LogP contribution < -0.4 is 5.32 Å². The predicted molar refractivity (Wildman–Crippen MR) is 69.2 cm³/mol. The van der Waals surface area contributed by atoms with E-state index in [1.54, 1.807) is 17.0 Å². The van der Waals surface area contributed by atoms with E-state index >= 15 is 0 Å². The zero-order chi connectivity index (χ0) is 13.1. The molecule has 1 fully saturated rings. The van der Waals surface area contributed by atoms with Crippen LogP contribution in [-0.4, -0.2) is 37.0 Å². The van der Waals surface area contributed by atoms with Crippen LogP contribution in [0.25, 0.3) is 0 Å². The van der Waals surface area contributed by atoms with E-state index < -0.39 is 5.82 Å². The third-order valence-electron chi connectivity index (χ3n) is 3.34. The Bertz CT molecular complexity index is 432. The SMILES string of the molecule is CNC1CCN(C(=O)Cc2c(F)cccc2Cl)C1. The second kappa shape index (κ2) is 5.67. The van der Waals surface area contributed by atoms with E-state index in [2.05, 4.69) is 5.32 Å². The highest BCUT2D eigenvalue weighted by atomic mass is 35.5. The van der Waals surface area contributed by atoms with Gasteiger partial charge < -0.3 is 10.2 Å². The first-order valence-electron chi connectivity index (χ1n) is 5.99. The highest BCUT2D eigenvalue weighted by molar-refractivity contribution is 6.31. The molecule has 0 bridgehead atoms. The molecule has 0 radical (unpaired) electrons. The smallest absolute Gasteiger partial charge is 0.227 e. The summed E-state index contributed by atoms with van der Waals surface area (Å²) in [7, 11) is 1.88. The summed E-state index contributed by atoms with van der Waals surface area (Å²) < 4.78 is 13.6. The van der Waals surface area contributed by atoms with Gasteiger partial charge in [-0.25, -0.2) is 4.39 Å². The largest absolute Gasteiger partial charge is 0.341 e. The van der Waals surface area contributed by atoms with Crippen LogP contribution in [0.3, 0.4) is 0 Å². The Morgan fingerprint density at radius 1 is 1.61 bits per heavy atom. The second-order valence-corrected chi connectivity index (χ2v) is 4.90. The number of carbonyl (C=O) groups excluding carboxylic acids is 1. The highest BCUT2D eigenvalue weighted by Crippen LogP contribution is 2.21. The number of rotatable bonds is 3. The van der Waals surface area contributed by atoms with Gasteiger partial charge in [-0.15, -0.1) is 0 Å². The molecule has 5 heteroatoms.